The summed E-state index contributed by atoms with van der Waals surface area (Å²) in [6.07, 6.45) is 8.81. The maximum atomic E-state index is 9.78. The van der Waals surface area contributed by atoms with E-state index in [0.717, 1.165) is 69.2 Å². The second kappa shape index (κ2) is 13.5. The van der Waals surface area contributed by atoms with Gasteiger partial charge < -0.3 is 10.1 Å². The molecule has 198 valence electrons. The SMILES string of the molecule is [C-]#[N+]/C(C#N)=C1\CC(C)(C)CC(NCCCCCCCC2=C(C#N)C(=C(C#N)C#N)CC(C)(C)C2)=C1OC. The summed E-state index contributed by atoms with van der Waals surface area (Å²) in [6.45, 7) is 16.7. The number of nitrogens with one attached hydrogen (secondary N) is 1. The molecule has 0 aromatic heterocycles. The Morgan fingerprint density at radius 2 is 1.47 bits per heavy atom. The summed E-state index contributed by atoms with van der Waals surface area (Å²) in [4.78, 5) is 3.41. The molecule has 2 aliphatic carbocycles. The fourth-order valence-electron chi connectivity index (χ4n) is 5.58. The fraction of sp³-hybridized carbons (Fsp3) is 0.581. The maximum absolute atomic E-state index is 9.78. The number of rotatable bonds is 10. The van der Waals surface area contributed by atoms with Crippen LogP contribution in [0, 0.1) is 62.7 Å². The van der Waals surface area contributed by atoms with Gasteiger partial charge in [0.15, 0.2) is 0 Å². The third kappa shape index (κ3) is 7.75. The first-order valence-corrected chi connectivity index (χ1v) is 13.2. The summed E-state index contributed by atoms with van der Waals surface area (Å²) < 4.78 is 5.63. The molecule has 7 heteroatoms. The molecule has 0 amide bonds. The number of hydrogen-bond acceptors (Lipinski definition) is 6. The van der Waals surface area contributed by atoms with E-state index in [9.17, 15) is 21.0 Å². The van der Waals surface area contributed by atoms with Crippen LogP contribution in [-0.2, 0) is 4.74 Å². The highest BCUT2D eigenvalue weighted by molar-refractivity contribution is 5.57. The van der Waals surface area contributed by atoms with E-state index in [1.54, 1.807) is 7.11 Å². The van der Waals surface area contributed by atoms with E-state index in [2.05, 4.69) is 43.9 Å². The number of nitrogens with zero attached hydrogens (tertiary/aromatic N) is 5. The lowest BCUT2D eigenvalue weighted by Gasteiger charge is -2.35. The Balaban J connectivity index is 1.92. The van der Waals surface area contributed by atoms with Crippen LogP contribution in [0.15, 0.2) is 45.0 Å². The van der Waals surface area contributed by atoms with Crippen molar-refractivity contribution in [3.63, 3.8) is 0 Å². The van der Waals surface area contributed by atoms with Crippen molar-refractivity contribution in [1.29, 1.82) is 21.0 Å². The lowest BCUT2D eigenvalue weighted by molar-refractivity contribution is 0.244. The molecule has 0 atom stereocenters. The predicted octanol–water partition coefficient (Wildman–Crippen LogP) is 7.28. The second-order valence-electron chi connectivity index (χ2n) is 11.7. The Morgan fingerprint density at radius 3 is 2.05 bits per heavy atom. The van der Waals surface area contributed by atoms with Gasteiger partial charge >= 0.3 is 0 Å². The van der Waals surface area contributed by atoms with Gasteiger partial charge in [-0.05, 0) is 61.3 Å². The van der Waals surface area contributed by atoms with Crippen LogP contribution in [-0.4, -0.2) is 13.7 Å². The van der Waals surface area contributed by atoms with Gasteiger partial charge in [0.1, 0.15) is 23.5 Å². The van der Waals surface area contributed by atoms with Crippen molar-refractivity contribution >= 4 is 0 Å². The number of nitriles is 4. The van der Waals surface area contributed by atoms with Gasteiger partial charge in [-0.25, -0.2) is 10.1 Å². The van der Waals surface area contributed by atoms with Crippen molar-refractivity contribution in [1.82, 2.24) is 5.32 Å². The first-order valence-electron chi connectivity index (χ1n) is 13.2. The lowest BCUT2D eigenvalue weighted by atomic mass is 9.70. The molecule has 0 spiro atoms. The minimum atomic E-state index is -0.0725. The highest BCUT2D eigenvalue weighted by Crippen LogP contribution is 2.44. The largest absolute Gasteiger partial charge is 0.496 e. The molecule has 0 unspecified atom stereocenters. The molecule has 0 bridgehead atoms. The summed E-state index contributed by atoms with van der Waals surface area (Å²) in [5.41, 5.74) is 3.92. The molecule has 0 aromatic rings. The zero-order valence-electron chi connectivity index (χ0n) is 23.4. The van der Waals surface area contributed by atoms with Crippen molar-refractivity contribution in [2.45, 2.75) is 91.9 Å². The average Bonchev–Trinajstić information content (AvgIpc) is 2.86. The monoisotopic (exact) mass is 510 g/mol. The molecule has 0 radical (unpaired) electrons. The molecular weight excluding hydrogens is 472 g/mol. The molecule has 0 saturated carbocycles. The van der Waals surface area contributed by atoms with Crippen molar-refractivity contribution < 1.29 is 4.74 Å². The minimum Gasteiger partial charge on any atom is -0.496 e. The van der Waals surface area contributed by atoms with Crippen molar-refractivity contribution in [3.8, 4) is 24.3 Å². The van der Waals surface area contributed by atoms with E-state index in [1.807, 2.05) is 18.2 Å². The van der Waals surface area contributed by atoms with Crippen LogP contribution in [0.5, 0.6) is 0 Å². The molecule has 2 rings (SSSR count). The lowest BCUT2D eigenvalue weighted by Crippen LogP contribution is -2.29. The Morgan fingerprint density at radius 1 is 0.868 bits per heavy atom. The van der Waals surface area contributed by atoms with Crippen LogP contribution in [0.3, 0.4) is 0 Å². The normalized spacial score (nSPS) is 19.3. The van der Waals surface area contributed by atoms with Crippen LogP contribution in [0.4, 0.5) is 0 Å². The number of unbranched alkanes of at least 4 members (excludes halogenated alkanes) is 4. The number of hydrogen-bond donors (Lipinski definition) is 1. The Hall–Kier alpha value is -3.99. The van der Waals surface area contributed by atoms with E-state index >= 15 is 0 Å². The Bertz CT molecular complexity index is 1220. The molecule has 7 nitrogen and oxygen atoms in total. The zero-order valence-corrected chi connectivity index (χ0v) is 23.4. The van der Waals surface area contributed by atoms with E-state index in [1.165, 1.54) is 0 Å². The first-order chi connectivity index (χ1) is 18.1. The van der Waals surface area contributed by atoms with E-state index in [0.29, 0.717) is 35.3 Å². The van der Waals surface area contributed by atoms with Gasteiger partial charge in [-0.2, -0.15) is 15.8 Å². The van der Waals surface area contributed by atoms with Crippen molar-refractivity contribution in [2.24, 2.45) is 10.8 Å². The Labute approximate surface area is 228 Å². The standard InChI is InChI=1S/C31H38N6O/c1-30(2)14-22(26(20-34)24(15-30)23(18-32)19-33)12-10-8-7-9-11-13-37-27-17-31(3,4)16-25(29(27)38-6)28(21-35)36-5/h37H,7-17H2,1-4,6H3/b28-25+. The average molecular weight is 511 g/mol. The quantitative estimate of drug-likeness (QED) is 0.187. The molecule has 0 fully saturated rings. The molecule has 0 saturated heterocycles. The summed E-state index contributed by atoms with van der Waals surface area (Å²) >= 11 is 0. The smallest absolute Gasteiger partial charge is 0.268 e. The molecule has 2 aliphatic rings. The van der Waals surface area contributed by atoms with E-state index in [-0.39, 0.29) is 22.1 Å². The molecule has 0 aliphatic heterocycles. The predicted molar refractivity (Wildman–Crippen MR) is 146 cm³/mol. The molecule has 38 heavy (non-hydrogen) atoms. The molecule has 1 N–H and O–H groups in total. The molecule has 0 aromatic carbocycles. The first kappa shape index (κ1) is 30.2. The van der Waals surface area contributed by atoms with Crippen molar-refractivity contribution in [2.75, 3.05) is 13.7 Å². The highest BCUT2D eigenvalue weighted by Gasteiger charge is 2.34. The second-order valence-corrected chi connectivity index (χ2v) is 11.7. The number of methoxy groups -OCH3 is 1. The summed E-state index contributed by atoms with van der Waals surface area (Å²) in [5, 5.41) is 41.4. The highest BCUT2D eigenvalue weighted by atomic mass is 16.5. The van der Waals surface area contributed by atoms with Crippen LogP contribution < -0.4 is 5.32 Å². The van der Waals surface area contributed by atoms with Crippen LogP contribution >= 0.6 is 0 Å². The summed E-state index contributed by atoms with van der Waals surface area (Å²) in [6, 6.07) is 8.25. The van der Waals surface area contributed by atoms with Gasteiger partial charge in [-0.3, -0.25) is 0 Å². The van der Waals surface area contributed by atoms with E-state index in [4.69, 9.17) is 11.3 Å². The van der Waals surface area contributed by atoms with Gasteiger partial charge in [0.05, 0.1) is 37.1 Å². The molecule has 0 heterocycles. The maximum Gasteiger partial charge on any atom is 0.268 e. The van der Waals surface area contributed by atoms with E-state index < -0.39 is 0 Å². The fourth-order valence-corrected chi connectivity index (χ4v) is 5.58. The van der Waals surface area contributed by atoms with Gasteiger partial charge in [-0.15, -0.1) is 0 Å². The topological polar surface area (TPSA) is 121 Å². The Kier molecular flexibility index (Phi) is 10.8. The van der Waals surface area contributed by atoms with Crippen LogP contribution in [0.2, 0.25) is 0 Å². The summed E-state index contributed by atoms with van der Waals surface area (Å²) in [5.74, 6) is 0.637. The molecular formula is C31H38N6O. The number of ether oxygens (including phenoxy) is 1. The summed E-state index contributed by atoms with van der Waals surface area (Å²) in [7, 11) is 1.59. The third-order valence-corrected chi connectivity index (χ3v) is 7.20. The van der Waals surface area contributed by atoms with Gasteiger partial charge in [0.25, 0.3) is 5.70 Å². The minimum absolute atomic E-state index is 0.0621. The number of allylic oxidation sites excluding steroid dienone is 7. The van der Waals surface area contributed by atoms with Crippen LogP contribution in [0.1, 0.15) is 91.9 Å². The van der Waals surface area contributed by atoms with Gasteiger partial charge in [0, 0.05) is 12.1 Å². The van der Waals surface area contributed by atoms with Gasteiger partial charge in [0.2, 0.25) is 0 Å². The zero-order chi connectivity index (χ0) is 28.3. The third-order valence-electron chi connectivity index (χ3n) is 7.20. The van der Waals surface area contributed by atoms with Crippen LogP contribution in [0.25, 0.3) is 4.85 Å². The van der Waals surface area contributed by atoms with Crippen molar-refractivity contribution in [3.05, 3.63) is 56.4 Å². The van der Waals surface area contributed by atoms with Gasteiger partial charge in [-0.1, -0.05) is 52.5 Å².